The number of para-hydroxylation sites is 1. The minimum Gasteiger partial charge on any atom is -0.364 e. The van der Waals surface area contributed by atoms with Crippen molar-refractivity contribution in [2.24, 2.45) is 0 Å². The van der Waals surface area contributed by atoms with Gasteiger partial charge in [0.25, 0.3) is 0 Å². The number of hydrogen-bond donors (Lipinski definition) is 0. The van der Waals surface area contributed by atoms with E-state index < -0.39 is 0 Å². The zero-order chi connectivity index (χ0) is 17.4. The fourth-order valence-electron chi connectivity index (χ4n) is 3.25. The lowest BCUT2D eigenvalue weighted by atomic mass is 10.0. The minimum absolute atomic E-state index is 0.723. The summed E-state index contributed by atoms with van der Waals surface area (Å²) in [7, 11) is 0. The molecule has 0 saturated carbocycles. The van der Waals surface area contributed by atoms with Crippen LogP contribution in [-0.2, 0) is 0 Å². The molecular formula is C21H19N3O. The Morgan fingerprint density at radius 1 is 0.800 bits per heavy atom. The molecule has 4 aromatic rings. The molecule has 0 amide bonds. The molecule has 2 aromatic heterocycles. The van der Waals surface area contributed by atoms with Gasteiger partial charge in [0.05, 0.1) is 11.4 Å². The maximum Gasteiger partial charge on any atom is 0.167 e. The average molecular weight is 329 g/mol. The molecule has 0 fully saturated rings. The van der Waals surface area contributed by atoms with Crippen molar-refractivity contribution in [3.05, 3.63) is 77.7 Å². The summed E-state index contributed by atoms with van der Waals surface area (Å²) in [5.41, 5.74) is 7.52. The standard InChI is InChI=1S/C21H19N3O/c1-14-7-4-5-10-19(14)24-13-18(20-15(2)8-6-9-16(20)3)22-21(24)17-11-12-25-23-17/h4-13H,1-3H3. The molecule has 0 aliphatic carbocycles. The number of hydrogen-bond acceptors (Lipinski definition) is 3. The second-order valence-electron chi connectivity index (χ2n) is 6.26. The van der Waals surface area contributed by atoms with E-state index in [1.807, 2.05) is 18.2 Å². The molecule has 0 spiro atoms. The molecule has 0 aliphatic rings. The van der Waals surface area contributed by atoms with Crippen LogP contribution < -0.4 is 0 Å². The van der Waals surface area contributed by atoms with Crippen LogP contribution in [-0.4, -0.2) is 14.7 Å². The Kier molecular flexibility index (Phi) is 3.73. The minimum atomic E-state index is 0.723. The van der Waals surface area contributed by atoms with Gasteiger partial charge in [0.1, 0.15) is 12.0 Å². The Morgan fingerprint density at radius 2 is 1.52 bits per heavy atom. The molecule has 25 heavy (non-hydrogen) atoms. The number of aromatic nitrogens is 3. The summed E-state index contributed by atoms with van der Waals surface area (Å²) < 4.78 is 7.14. The van der Waals surface area contributed by atoms with Crippen LogP contribution in [0.2, 0.25) is 0 Å². The van der Waals surface area contributed by atoms with E-state index in [1.54, 1.807) is 6.26 Å². The van der Waals surface area contributed by atoms with Gasteiger partial charge in [0.2, 0.25) is 0 Å². The molecule has 0 radical (unpaired) electrons. The molecule has 0 bridgehead atoms. The van der Waals surface area contributed by atoms with Crippen molar-refractivity contribution in [1.29, 1.82) is 0 Å². The van der Waals surface area contributed by atoms with E-state index in [0.717, 1.165) is 22.9 Å². The molecule has 0 aliphatic heterocycles. The maximum absolute atomic E-state index is 5.05. The third-order valence-electron chi connectivity index (χ3n) is 4.49. The Hall–Kier alpha value is -3.14. The predicted octanol–water partition coefficient (Wildman–Crippen LogP) is 5.12. The SMILES string of the molecule is Cc1ccccc1-n1cc(-c2c(C)cccc2C)nc1-c1ccon1. The van der Waals surface area contributed by atoms with Crippen LogP contribution >= 0.6 is 0 Å². The molecule has 4 nitrogen and oxygen atoms in total. The first-order valence-electron chi connectivity index (χ1n) is 8.28. The summed E-state index contributed by atoms with van der Waals surface area (Å²) in [5, 5.41) is 4.10. The molecule has 0 saturated heterocycles. The first-order chi connectivity index (χ1) is 12.1. The van der Waals surface area contributed by atoms with Gasteiger partial charge in [-0.2, -0.15) is 0 Å². The van der Waals surface area contributed by atoms with Crippen molar-refractivity contribution in [2.45, 2.75) is 20.8 Å². The van der Waals surface area contributed by atoms with Gasteiger partial charge in [-0.25, -0.2) is 4.98 Å². The number of benzene rings is 2. The quantitative estimate of drug-likeness (QED) is 0.524. The summed E-state index contributed by atoms with van der Waals surface area (Å²) in [5.74, 6) is 0.778. The zero-order valence-electron chi connectivity index (χ0n) is 14.5. The highest BCUT2D eigenvalue weighted by Crippen LogP contribution is 2.31. The van der Waals surface area contributed by atoms with E-state index in [4.69, 9.17) is 9.51 Å². The third kappa shape index (κ3) is 2.66. The van der Waals surface area contributed by atoms with E-state index in [1.165, 1.54) is 22.3 Å². The van der Waals surface area contributed by atoms with Crippen molar-refractivity contribution in [2.75, 3.05) is 0 Å². The summed E-state index contributed by atoms with van der Waals surface area (Å²) >= 11 is 0. The maximum atomic E-state index is 5.05. The van der Waals surface area contributed by atoms with Gasteiger partial charge in [-0.3, -0.25) is 4.57 Å². The third-order valence-corrected chi connectivity index (χ3v) is 4.49. The summed E-state index contributed by atoms with van der Waals surface area (Å²) in [6.07, 6.45) is 3.66. The van der Waals surface area contributed by atoms with Gasteiger partial charge in [-0.05, 0) is 43.5 Å². The monoisotopic (exact) mass is 329 g/mol. The number of rotatable bonds is 3. The lowest BCUT2D eigenvalue weighted by molar-refractivity contribution is 0.421. The van der Waals surface area contributed by atoms with Crippen molar-refractivity contribution in [3.63, 3.8) is 0 Å². The van der Waals surface area contributed by atoms with E-state index in [2.05, 4.69) is 67.0 Å². The Bertz CT molecular complexity index is 1010. The average Bonchev–Trinajstić information content (AvgIpc) is 3.24. The van der Waals surface area contributed by atoms with Crippen LogP contribution in [0.25, 0.3) is 28.5 Å². The highest BCUT2D eigenvalue weighted by molar-refractivity contribution is 5.71. The number of imidazole rings is 1. The normalized spacial score (nSPS) is 11.0. The van der Waals surface area contributed by atoms with E-state index >= 15 is 0 Å². The Labute approximate surface area is 146 Å². The number of aryl methyl sites for hydroxylation is 3. The van der Waals surface area contributed by atoms with Crippen molar-refractivity contribution >= 4 is 0 Å². The van der Waals surface area contributed by atoms with Crippen LogP contribution in [0.1, 0.15) is 16.7 Å². The van der Waals surface area contributed by atoms with E-state index in [0.29, 0.717) is 0 Å². The second kappa shape index (κ2) is 6.06. The fourth-order valence-corrected chi connectivity index (χ4v) is 3.25. The smallest absolute Gasteiger partial charge is 0.167 e. The second-order valence-corrected chi connectivity index (χ2v) is 6.26. The molecule has 2 aromatic carbocycles. The molecule has 124 valence electrons. The van der Waals surface area contributed by atoms with Crippen molar-refractivity contribution < 1.29 is 4.52 Å². The highest BCUT2D eigenvalue weighted by Gasteiger charge is 2.18. The van der Waals surface area contributed by atoms with Crippen molar-refractivity contribution in [1.82, 2.24) is 14.7 Å². The van der Waals surface area contributed by atoms with Crippen LogP contribution in [0.15, 0.2) is 65.5 Å². The van der Waals surface area contributed by atoms with E-state index in [-0.39, 0.29) is 0 Å². The van der Waals surface area contributed by atoms with Gasteiger partial charge in [-0.15, -0.1) is 0 Å². The van der Waals surface area contributed by atoms with Gasteiger partial charge < -0.3 is 4.52 Å². The lowest BCUT2D eigenvalue weighted by Gasteiger charge is -2.09. The molecule has 0 unspecified atom stereocenters. The summed E-state index contributed by atoms with van der Waals surface area (Å²) in [4.78, 5) is 4.90. The van der Waals surface area contributed by atoms with Gasteiger partial charge in [0.15, 0.2) is 5.82 Å². The van der Waals surface area contributed by atoms with Crippen LogP contribution in [0, 0.1) is 20.8 Å². The number of nitrogens with zero attached hydrogens (tertiary/aromatic N) is 3. The molecule has 4 rings (SSSR count). The molecule has 0 N–H and O–H groups in total. The first kappa shape index (κ1) is 15.4. The fraction of sp³-hybridized carbons (Fsp3) is 0.143. The zero-order valence-corrected chi connectivity index (χ0v) is 14.5. The summed E-state index contributed by atoms with van der Waals surface area (Å²) in [6, 6.07) is 16.4. The molecule has 0 atom stereocenters. The molecule has 2 heterocycles. The van der Waals surface area contributed by atoms with Gasteiger partial charge in [-0.1, -0.05) is 41.6 Å². The van der Waals surface area contributed by atoms with Crippen LogP contribution in [0.4, 0.5) is 0 Å². The molecule has 4 heteroatoms. The van der Waals surface area contributed by atoms with E-state index in [9.17, 15) is 0 Å². The van der Waals surface area contributed by atoms with Gasteiger partial charge in [0, 0.05) is 17.8 Å². The first-order valence-corrected chi connectivity index (χ1v) is 8.28. The largest absolute Gasteiger partial charge is 0.364 e. The predicted molar refractivity (Wildman–Crippen MR) is 98.7 cm³/mol. The highest BCUT2D eigenvalue weighted by atomic mass is 16.5. The van der Waals surface area contributed by atoms with Gasteiger partial charge >= 0.3 is 0 Å². The Balaban J connectivity index is 1.98. The van der Waals surface area contributed by atoms with Crippen LogP contribution in [0.3, 0.4) is 0 Å². The lowest BCUT2D eigenvalue weighted by Crippen LogP contribution is -1.98. The topological polar surface area (TPSA) is 43.9 Å². The van der Waals surface area contributed by atoms with Crippen LogP contribution in [0.5, 0.6) is 0 Å². The summed E-state index contributed by atoms with van der Waals surface area (Å²) in [6.45, 7) is 6.33. The van der Waals surface area contributed by atoms with Crippen molar-refractivity contribution in [3.8, 4) is 28.5 Å². The Morgan fingerprint density at radius 3 is 2.20 bits per heavy atom. The molecular weight excluding hydrogens is 310 g/mol.